The van der Waals surface area contributed by atoms with Crippen LogP contribution < -0.4 is 0 Å². The fourth-order valence-electron chi connectivity index (χ4n) is 1.44. The summed E-state index contributed by atoms with van der Waals surface area (Å²) in [6.45, 7) is 0. The van der Waals surface area contributed by atoms with Gasteiger partial charge in [-0.15, -0.1) is 0 Å². The zero-order valence-electron chi connectivity index (χ0n) is 8.02. The van der Waals surface area contributed by atoms with Gasteiger partial charge in [0.05, 0.1) is 5.69 Å². The number of nitrogens with zero attached hydrogens (tertiary/aromatic N) is 1. The van der Waals surface area contributed by atoms with E-state index in [1.165, 1.54) is 0 Å². The third-order valence-corrected chi connectivity index (χ3v) is 3.24. The monoisotopic (exact) mass is 347 g/mol. The molecule has 1 aromatic heterocycles. The van der Waals surface area contributed by atoms with E-state index >= 15 is 0 Å². The van der Waals surface area contributed by atoms with Gasteiger partial charge in [0.15, 0.2) is 0 Å². The standard InChI is InChI=1S/C11H7ClINO2/c12-7-3-4-9(8(13)6-7)14-5-1-2-10(14)11(15)16/h1-6H,(H,15,16). The molecule has 82 valence electrons. The molecule has 0 bridgehead atoms. The second-order valence-corrected chi connectivity index (χ2v) is 4.76. The van der Waals surface area contributed by atoms with Crippen molar-refractivity contribution in [3.8, 4) is 5.69 Å². The Hall–Kier alpha value is -1.01. The normalized spacial score (nSPS) is 10.4. The molecule has 0 aliphatic carbocycles. The Kier molecular flexibility index (Phi) is 3.20. The summed E-state index contributed by atoms with van der Waals surface area (Å²) >= 11 is 7.98. The van der Waals surface area contributed by atoms with Gasteiger partial charge in [0, 0.05) is 14.8 Å². The molecule has 0 aliphatic rings. The molecule has 0 aliphatic heterocycles. The highest BCUT2D eigenvalue weighted by Gasteiger charge is 2.12. The van der Waals surface area contributed by atoms with E-state index in [9.17, 15) is 4.79 Å². The summed E-state index contributed by atoms with van der Waals surface area (Å²) in [6, 6.07) is 8.60. The molecule has 3 nitrogen and oxygen atoms in total. The van der Waals surface area contributed by atoms with Crippen molar-refractivity contribution in [2.75, 3.05) is 0 Å². The lowest BCUT2D eigenvalue weighted by atomic mass is 10.3. The summed E-state index contributed by atoms with van der Waals surface area (Å²) in [7, 11) is 0. The maximum absolute atomic E-state index is 11.0. The molecule has 16 heavy (non-hydrogen) atoms. The SMILES string of the molecule is O=C(O)c1cccn1-c1ccc(Cl)cc1I. The van der Waals surface area contributed by atoms with Crippen molar-refractivity contribution in [1.29, 1.82) is 0 Å². The number of rotatable bonds is 2. The Bertz CT molecular complexity index is 551. The van der Waals surface area contributed by atoms with Crippen molar-refractivity contribution in [3.05, 3.63) is 50.8 Å². The molecule has 0 unspecified atom stereocenters. The van der Waals surface area contributed by atoms with Gasteiger partial charge in [0.2, 0.25) is 0 Å². The first-order chi connectivity index (χ1) is 7.59. The van der Waals surface area contributed by atoms with Gasteiger partial charge >= 0.3 is 5.97 Å². The molecule has 0 amide bonds. The summed E-state index contributed by atoms with van der Waals surface area (Å²) in [5, 5.41) is 9.65. The molecule has 0 radical (unpaired) electrons. The van der Waals surface area contributed by atoms with Crippen LogP contribution in [0.1, 0.15) is 10.5 Å². The summed E-state index contributed by atoms with van der Waals surface area (Å²) in [6.07, 6.45) is 1.72. The minimum atomic E-state index is -0.948. The molecular formula is C11H7ClINO2. The Labute approximate surface area is 111 Å². The van der Waals surface area contributed by atoms with Gasteiger partial charge < -0.3 is 9.67 Å². The third kappa shape index (κ3) is 2.08. The zero-order chi connectivity index (χ0) is 11.7. The van der Waals surface area contributed by atoms with Crippen LogP contribution in [0.2, 0.25) is 5.02 Å². The van der Waals surface area contributed by atoms with Crippen LogP contribution in [-0.2, 0) is 0 Å². The molecule has 0 spiro atoms. The number of hydrogen-bond acceptors (Lipinski definition) is 1. The second-order valence-electron chi connectivity index (χ2n) is 3.16. The first-order valence-electron chi connectivity index (χ1n) is 4.45. The van der Waals surface area contributed by atoms with Gasteiger partial charge in [0.1, 0.15) is 5.69 Å². The van der Waals surface area contributed by atoms with Gasteiger partial charge in [-0.2, -0.15) is 0 Å². The van der Waals surface area contributed by atoms with E-state index < -0.39 is 5.97 Å². The molecule has 1 aromatic carbocycles. The number of aromatic carboxylic acids is 1. The van der Waals surface area contributed by atoms with Crippen molar-refractivity contribution < 1.29 is 9.90 Å². The topological polar surface area (TPSA) is 42.2 Å². The van der Waals surface area contributed by atoms with Crippen LogP contribution in [0.4, 0.5) is 0 Å². The predicted molar refractivity (Wildman–Crippen MR) is 70.5 cm³/mol. The average Bonchev–Trinajstić information content (AvgIpc) is 2.66. The number of benzene rings is 1. The number of carbonyl (C=O) groups is 1. The maximum atomic E-state index is 11.0. The Balaban J connectivity index is 2.59. The third-order valence-electron chi connectivity index (χ3n) is 2.14. The van der Waals surface area contributed by atoms with Crippen LogP contribution >= 0.6 is 34.2 Å². The van der Waals surface area contributed by atoms with E-state index in [0.29, 0.717) is 5.02 Å². The van der Waals surface area contributed by atoms with Crippen LogP contribution in [0.3, 0.4) is 0 Å². The molecule has 0 fully saturated rings. The largest absolute Gasteiger partial charge is 0.477 e. The summed E-state index contributed by atoms with van der Waals surface area (Å²) < 4.78 is 2.53. The van der Waals surface area contributed by atoms with E-state index in [1.807, 2.05) is 0 Å². The zero-order valence-corrected chi connectivity index (χ0v) is 10.9. The number of carboxylic acid groups (broad SMARTS) is 1. The highest BCUT2D eigenvalue weighted by Crippen LogP contribution is 2.23. The van der Waals surface area contributed by atoms with Crippen LogP contribution in [0.5, 0.6) is 0 Å². The van der Waals surface area contributed by atoms with Crippen LogP contribution in [0, 0.1) is 3.57 Å². The van der Waals surface area contributed by atoms with Gasteiger partial charge in [0.25, 0.3) is 0 Å². The molecule has 1 N–H and O–H groups in total. The van der Waals surface area contributed by atoms with Crippen molar-refractivity contribution in [1.82, 2.24) is 4.57 Å². The Morgan fingerprint density at radius 1 is 1.38 bits per heavy atom. The van der Waals surface area contributed by atoms with Crippen molar-refractivity contribution >= 4 is 40.2 Å². The Morgan fingerprint density at radius 3 is 2.75 bits per heavy atom. The number of aromatic nitrogens is 1. The fraction of sp³-hybridized carbons (Fsp3) is 0. The fourth-order valence-corrected chi connectivity index (χ4v) is 2.57. The Morgan fingerprint density at radius 2 is 2.12 bits per heavy atom. The first-order valence-corrected chi connectivity index (χ1v) is 5.91. The summed E-state index contributed by atoms with van der Waals surface area (Å²) in [4.78, 5) is 11.0. The van der Waals surface area contributed by atoms with E-state index in [0.717, 1.165) is 9.26 Å². The molecule has 0 saturated heterocycles. The molecule has 5 heteroatoms. The van der Waals surface area contributed by atoms with Crippen molar-refractivity contribution in [2.24, 2.45) is 0 Å². The lowest BCUT2D eigenvalue weighted by Crippen LogP contribution is -2.06. The van der Waals surface area contributed by atoms with E-state index in [-0.39, 0.29) is 5.69 Å². The number of halogens is 2. The summed E-state index contributed by atoms with van der Waals surface area (Å²) in [5.74, 6) is -0.948. The van der Waals surface area contributed by atoms with Gasteiger partial charge in [-0.05, 0) is 52.9 Å². The van der Waals surface area contributed by atoms with Crippen molar-refractivity contribution in [2.45, 2.75) is 0 Å². The highest BCUT2D eigenvalue weighted by atomic mass is 127. The van der Waals surface area contributed by atoms with Gasteiger partial charge in [-0.3, -0.25) is 0 Å². The van der Waals surface area contributed by atoms with E-state index in [4.69, 9.17) is 16.7 Å². The summed E-state index contributed by atoms with van der Waals surface area (Å²) in [5.41, 5.74) is 1.05. The average molecular weight is 348 g/mol. The van der Waals surface area contributed by atoms with Gasteiger partial charge in [-0.25, -0.2) is 4.79 Å². The van der Waals surface area contributed by atoms with Gasteiger partial charge in [-0.1, -0.05) is 11.6 Å². The highest BCUT2D eigenvalue weighted by molar-refractivity contribution is 14.1. The molecule has 1 heterocycles. The van der Waals surface area contributed by atoms with Crippen LogP contribution in [0.15, 0.2) is 36.5 Å². The molecule has 0 atom stereocenters. The second kappa shape index (κ2) is 4.47. The quantitative estimate of drug-likeness (QED) is 0.846. The molecule has 2 rings (SSSR count). The smallest absolute Gasteiger partial charge is 0.352 e. The molecule has 0 saturated carbocycles. The first kappa shape index (κ1) is 11.5. The van der Waals surface area contributed by atoms with E-state index in [2.05, 4.69) is 22.6 Å². The lowest BCUT2D eigenvalue weighted by Gasteiger charge is -2.08. The van der Waals surface area contributed by atoms with Crippen LogP contribution in [-0.4, -0.2) is 15.6 Å². The predicted octanol–water partition coefficient (Wildman–Crippen LogP) is 3.43. The molecular weight excluding hydrogens is 340 g/mol. The van der Waals surface area contributed by atoms with E-state index in [1.54, 1.807) is 41.1 Å². The number of carboxylic acids is 1. The maximum Gasteiger partial charge on any atom is 0.352 e. The van der Waals surface area contributed by atoms with Crippen LogP contribution in [0.25, 0.3) is 5.69 Å². The minimum Gasteiger partial charge on any atom is -0.477 e. The minimum absolute atomic E-state index is 0.236. The molecule has 2 aromatic rings. The lowest BCUT2D eigenvalue weighted by molar-refractivity contribution is 0.0688. The van der Waals surface area contributed by atoms with Crippen molar-refractivity contribution in [3.63, 3.8) is 0 Å². The number of hydrogen-bond donors (Lipinski definition) is 1.